The van der Waals surface area contributed by atoms with Crippen LogP contribution in [0.5, 0.6) is 0 Å². The van der Waals surface area contributed by atoms with Gasteiger partial charge in [0.05, 0.1) is 18.1 Å². The molecule has 2 fully saturated rings. The smallest absolute Gasteiger partial charge is 0.453 e. The van der Waals surface area contributed by atoms with Gasteiger partial charge in [-0.3, -0.25) is 9.69 Å². The predicted molar refractivity (Wildman–Crippen MR) is 91.2 cm³/mol. The van der Waals surface area contributed by atoms with Crippen LogP contribution in [0.1, 0.15) is 31.3 Å². The van der Waals surface area contributed by atoms with Gasteiger partial charge in [0.2, 0.25) is 5.91 Å². The molecule has 0 unspecified atom stereocenters. The van der Waals surface area contributed by atoms with Gasteiger partial charge in [0.1, 0.15) is 11.1 Å². The number of rotatable bonds is 5. The van der Waals surface area contributed by atoms with Gasteiger partial charge in [0, 0.05) is 11.5 Å². The lowest BCUT2D eigenvalue weighted by Gasteiger charge is -2.43. The molecule has 1 N–H and O–H groups in total. The summed E-state index contributed by atoms with van der Waals surface area (Å²) in [6.07, 6.45) is 0.548. The standard InChI is InChI=1S/C17H19NO8S/c1-7(19)11-14(20)18-12(13(27-15(11)18)9-4-3-5-23-9)16(21)24-6-10-8(2)25-17(22)26-10/h7,9,11,15,19H,3-6H2,1-2H3/t7-,9+,11+,15+/m1/s1. The third-order valence-corrected chi connectivity index (χ3v) is 6.37. The van der Waals surface area contributed by atoms with E-state index in [1.807, 2.05) is 0 Å². The van der Waals surface area contributed by atoms with Crippen molar-refractivity contribution in [3.05, 3.63) is 32.7 Å². The molecule has 0 radical (unpaired) electrons. The van der Waals surface area contributed by atoms with E-state index in [1.54, 1.807) is 6.92 Å². The van der Waals surface area contributed by atoms with Crippen LogP contribution in [0.15, 0.2) is 24.2 Å². The van der Waals surface area contributed by atoms with E-state index in [1.165, 1.54) is 23.6 Å². The van der Waals surface area contributed by atoms with Gasteiger partial charge in [-0.2, -0.15) is 0 Å². The number of carbonyl (C=O) groups is 2. The van der Waals surface area contributed by atoms with Gasteiger partial charge in [-0.1, -0.05) is 11.8 Å². The summed E-state index contributed by atoms with van der Waals surface area (Å²) in [5.41, 5.74) is 0.155. The number of aliphatic hydroxyl groups excluding tert-OH is 1. The Hall–Kier alpha value is -2.04. The van der Waals surface area contributed by atoms with Crippen LogP contribution in [0.25, 0.3) is 0 Å². The molecule has 1 aromatic heterocycles. The van der Waals surface area contributed by atoms with Gasteiger partial charge in [0.15, 0.2) is 18.1 Å². The van der Waals surface area contributed by atoms with Crippen molar-refractivity contribution in [1.29, 1.82) is 0 Å². The summed E-state index contributed by atoms with van der Waals surface area (Å²) in [6, 6.07) is 0. The highest BCUT2D eigenvalue weighted by Gasteiger charge is 2.58. The van der Waals surface area contributed by atoms with E-state index in [0.29, 0.717) is 11.5 Å². The Morgan fingerprint density at radius 3 is 2.78 bits per heavy atom. The molecule has 9 nitrogen and oxygen atoms in total. The van der Waals surface area contributed by atoms with Gasteiger partial charge >= 0.3 is 11.8 Å². The van der Waals surface area contributed by atoms with Crippen LogP contribution in [-0.4, -0.2) is 46.1 Å². The third kappa shape index (κ3) is 3.01. The molecule has 2 saturated heterocycles. The summed E-state index contributed by atoms with van der Waals surface area (Å²) >= 11 is 1.37. The molecule has 146 valence electrons. The highest BCUT2D eigenvalue weighted by molar-refractivity contribution is 8.04. The van der Waals surface area contributed by atoms with Crippen LogP contribution in [0.3, 0.4) is 0 Å². The quantitative estimate of drug-likeness (QED) is 0.570. The first-order valence-electron chi connectivity index (χ1n) is 8.68. The van der Waals surface area contributed by atoms with E-state index in [0.717, 1.165) is 12.8 Å². The fraction of sp³-hybridized carbons (Fsp3) is 0.588. The van der Waals surface area contributed by atoms with Crippen LogP contribution < -0.4 is 5.82 Å². The molecule has 10 heteroatoms. The molecule has 4 heterocycles. The normalized spacial score (nSPS) is 28.3. The molecule has 3 aliphatic rings. The van der Waals surface area contributed by atoms with Crippen LogP contribution in [0, 0.1) is 12.8 Å². The molecule has 4 rings (SSSR count). The van der Waals surface area contributed by atoms with Gasteiger partial charge in [0.25, 0.3) is 0 Å². The molecule has 0 aromatic carbocycles. The zero-order chi connectivity index (χ0) is 19.3. The van der Waals surface area contributed by atoms with E-state index in [9.17, 15) is 19.5 Å². The first-order valence-corrected chi connectivity index (χ1v) is 9.56. The number of β-lactam (4-membered cyclic amide) rings is 1. The molecule has 3 aliphatic heterocycles. The Morgan fingerprint density at radius 1 is 1.41 bits per heavy atom. The minimum atomic E-state index is -0.869. The monoisotopic (exact) mass is 397 g/mol. The Kier molecular flexibility index (Phi) is 4.65. The number of carbonyl (C=O) groups excluding carboxylic acids is 2. The van der Waals surface area contributed by atoms with Crippen molar-refractivity contribution in [1.82, 2.24) is 4.90 Å². The second-order valence-electron chi connectivity index (χ2n) is 6.71. The fourth-order valence-electron chi connectivity index (χ4n) is 3.52. The summed E-state index contributed by atoms with van der Waals surface area (Å²) in [5, 5.41) is 9.53. The Labute approximate surface area is 158 Å². The maximum absolute atomic E-state index is 12.8. The summed E-state index contributed by atoms with van der Waals surface area (Å²) in [6.45, 7) is 3.40. The molecule has 0 spiro atoms. The van der Waals surface area contributed by atoms with Gasteiger partial charge < -0.3 is 23.4 Å². The van der Waals surface area contributed by atoms with Crippen LogP contribution >= 0.6 is 11.8 Å². The molecule has 1 aromatic rings. The highest BCUT2D eigenvalue weighted by Crippen LogP contribution is 2.52. The number of ether oxygens (including phenoxy) is 2. The summed E-state index contributed by atoms with van der Waals surface area (Å²) in [4.78, 5) is 38.4. The maximum Gasteiger partial charge on any atom is 0.519 e. The van der Waals surface area contributed by atoms with Gasteiger partial charge in [-0.25, -0.2) is 9.59 Å². The number of aliphatic hydroxyl groups is 1. The molecule has 4 atom stereocenters. The van der Waals surface area contributed by atoms with E-state index >= 15 is 0 Å². The van der Waals surface area contributed by atoms with Crippen molar-refractivity contribution < 1.29 is 33.0 Å². The summed E-state index contributed by atoms with van der Waals surface area (Å²) in [5.74, 6) is -2.09. The van der Waals surface area contributed by atoms with E-state index in [4.69, 9.17) is 18.3 Å². The number of amides is 1. The number of hydrogen-bond donors (Lipinski definition) is 1. The molecule has 0 saturated carbocycles. The lowest BCUT2D eigenvalue weighted by atomic mass is 9.92. The number of nitrogens with zero attached hydrogens (tertiary/aromatic N) is 1. The number of hydrogen-bond acceptors (Lipinski definition) is 9. The topological polar surface area (TPSA) is 119 Å². The second kappa shape index (κ2) is 6.84. The second-order valence-corrected chi connectivity index (χ2v) is 7.87. The first-order chi connectivity index (χ1) is 12.9. The average molecular weight is 397 g/mol. The molecule has 0 bridgehead atoms. The Balaban J connectivity index is 1.57. The lowest BCUT2D eigenvalue weighted by Crippen LogP contribution is -2.60. The average Bonchev–Trinajstić information content (AvgIpc) is 3.29. The van der Waals surface area contributed by atoms with E-state index in [-0.39, 0.29) is 41.2 Å². The van der Waals surface area contributed by atoms with E-state index in [2.05, 4.69) is 0 Å². The minimum absolute atomic E-state index is 0.117. The zero-order valence-electron chi connectivity index (χ0n) is 14.8. The number of aryl methyl sites for hydroxylation is 1. The van der Waals surface area contributed by atoms with Crippen LogP contribution in [-0.2, 0) is 25.7 Å². The van der Waals surface area contributed by atoms with Crippen molar-refractivity contribution >= 4 is 23.6 Å². The molecular formula is C17H19NO8S. The maximum atomic E-state index is 12.8. The van der Waals surface area contributed by atoms with E-state index < -0.39 is 23.8 Å². The largest absolute Gasteiger partial charge is 0.519 e. The van der Waals surface area contributed by atoms with Crippen molar-refractivity contribution in [3.63, 3.8) is 0 Å². The summed E-state index contributed by atoms with van der Waals surface area (Å²) in [7, 11) is 0. The minimum Gasteiger partial charge on any atom is -0.453 e. The van der Waals surface area contributed by atoms with Crippen molar-refractivity contribution in [2.45, 2.75) is 50.9 Å². The van der Waals surface area contributed by atoms with Crippen LogP contribution in [0.2, 0.25) is 0 Å². The SMILES string of the molecule is Cc1oc(=O)oc1COC(=O)C1=C([C@@H]2CCCO2)S[C@H]2[C@@H]([C@@H](C)O)C(=O)N12. The Bertz CT molecular complexity index is 863. The third-order valence-electron chi connectivity index (χ3n) is 4.91. The number of thioether (sulfide) groups is 1. The predicted octanol–water partition coefficient (Wildman–Crippen LogP) is 0.887. The first kappa shape index (κ1) is 18.3. The fourth-order valence-corrected chi connectivity index (χ4v) is 5.21. The molecule has 0 aliphatic carbocycles. The van der Waals surface area contributed by atoms with Crippen LogP contribution in [0.4, 0.5) is 0 Å². The molecule has 27 heavy (non-hydrogen) atoms. The lowest BCUT2D eigenvalue weighted by molar-refractivity contribution is -0.158. The van der Waals surface area contributed by atoms with Crippen molar-refractivity contribution in [2.75, 3.05) is 6.61 Å². The van der Waals surface area contributed by atoms with Gasteiger partial charge in [-0.15, -0.1) is 0 Å². The van der Waals surface area contributed by atoms with Crippen molar-refractivity contribution in [3.8, 4) is 0 Å². The van der Waals surface area contributed by atoms with Gasteiger partial charge in [-0.05, 0) is 26.7 Å². The molecular weight excluding hydrogens is 378 g/mol. The number of esters is 1. The Morgan fingerprint density at radius 2 is 2.19 bits per heavy atom. The molecule has 1 amide bonds. The summed E-state index contributed by atoms with van der Waals surface area (Å²) < 4.78 is 20.5. The number of fused-ring (bicyclic) bond motifs is 1. The highest BCUT2D eigenvalue weighted by atomic mass is 32.2. The van der Waals surface area contributed by atoms with Crippen molar-refractivity contribution in [2.24, 2.45) is 5.92 Å². The zero-order valence-corrected chi connectivity index (χ0v) is 15.6.